The van der Waals surface area contributed by atoms with Crippen LogP contribution in [0.25, 0.3) is 10.9 Å². The Labute approximate surface area is 107 Å². The standard InChI is InChI=1S/C15H19NO2/c1-15(8-9-17)14-11-5-3-4-6-12(11)16(2)13(14)7-10-18-15/h3-6,17H,7-10H2,1-2H3. The Hall–Kier alpha value is -1.32. The van der Waals surface area contributed by atoms with E-state index in [1.54, 1.807) is 0 Å². The van der Waals surface area contributed by atoms with Crippen LogP contribution in [-0.2, 0) is 23.8 Å². The van der Waals surface area contributed by atoms with Crippen molar-refractivity contribution < 1.29 is 9.84 Å². The van der Waals surface area contributed by atoms with Crippen LogP contribution in [0.3, 0.4) is 0 Å². The maximum Gasteiger partial charge on any atom is 0.0948 e. The van der Waals surface area contributed by atoms with Crippen molar-refractivity contribution in [3.8, 4) is 0 Å². The zero-order valence-corrected chi connectivity index (χ0v) is 10.9. The van der Waals surface area contributed by atoms with Crippen LogP contribution in [0.4, 0.5) is 0 Å². The fraction of sp³-hybridized carbons (Fsp3) is 0.467. The number of para-hydroxylation sites is 1. The molecule has 1 aliphatic rings. The van der Waals surface area contributed by atoms with E-state index in [1.165, 1.54) is 22.2 Å². The van der Waals surface area contributed by atoms with Gasteiger partial charge in [0.2, 0.25) is 0 Å². The summed E-state index contributed by atoms with van der Waals surface area (Å²) >= 11 is 0. The van der Waals surface area contributed by atoms with E-state index in [0.29, 0.717) is 6.42 Å². The van der Waals surface area contributed by atoms with Crippen molar-refractivity contribution in [3.63, 3.8) is 0 Å². The Morgan fingerprint density at radius 2 is 2.17 bits per heavy atom. The third-order valence-electron chi connectivity index (χ3n) is 4.11. The number of nitrogens with zero attached hydrogens (tertiary/aromatic N) is 1. The molecule has 3 heteroatoms. The number of ether oxygens (including phenoxy) is 1. The summed E-state index contributed by atoms with van der Waals surface area (Å²) in [5.74, 6) is 0. The molecule has 2 aromatic rings. The third kappa shape index (κ3) is 1.51. The van der Waals surface area contributed by atoms with Crippen molar-refractivity contribution in [3.05, 3.63) is 35.5 Å². The van der Waals surface area contributed by atoms with Crippen molar-refractivity contribution >= 4 is 10.9 Å². The molecule has 2 heterocycles. The maximum atomic E-state index is 9.30. The number of fused-ring (bicyclic) bond motifs is 3. The normalized spacial score (nSPS) is 23.3. The summed E-state index contributed by atoms with van der Waals surface area (Å²) in [4.78, 5) is 0. The predicted octanol–water partition coefficient (Wildman–Crippen LogP) is 2.35. The number of aliphatic hydroxyl groups is 1. The Kier molecular flexibility index (Phi) is 2.68. The molecule has 3 rings (SSSR count). The van der Waals surface area contributed by atoms with Gasteiger partial charge >= 0.3 is 0 Å². The number of hydrogen-bond donors (Lipinski definition) is 1. The molecule has 0 fully saturated rings. The van der Waals surface area contributed by atoms with Gasteiger partial charge in [0, 0.05) is 48.7 Å². The lowest BCUT2D eigenvalue weighted by Gasteiger charge is -2.34. The Morgan fingerprint density at radius 1 is 1.39 bits per heavy atom. The quantitative estimate of drug-likeness (QED) is 0.881. The first-order valence-electron chi connectivity index (χ1n) is 6.49. The maximum absolute atomic E-state index is 9.30. The lowest BCUT2D eigenvalue weighted by atomic mass is 9.87. The molecule has 18 heavy (non-hydrogen) atoms. The molecule has 0 spiro atoms. The van der Waals surface area contributed by atoms with E-state index in [9.17, 15) is 5.11 Å². The molecule has 0 saturated heterocycles. The number of benzene rings is 1. The number of rotatable bonds is 2. The first-order valence-corrected chi connectivity index (χ1v) is 6.49. The fourth-order valence-corrected chi connectivity index (χ4v) is 3.18. The van der Waals surface area contributed by atoms with Crippen molar-refractivity contribution in [2.24, 2.45) is 7.05 Å². The van der Waals surface area contributed by atoms with Gasteiger partial charge in [-0.05, 0) is 13.0 Å². The fourth-order valence-electron chi connectivity index (χ4n) is 3.18. The summed E-state index contributed by atoms with van der Waals surface area (Å²) in [6, 6.07) is 8.43. The summed E-state index contributed by atoms with van der Waals surface area (Å²) in [5.41, 5.74) is 3.50. The van der Waals surface area contributed by atoms with Gasteiger partial charge in [-0.25, -0.2) is 0 Å². The van der Waals surface area contributed by atoms with E-state index >= 15 is 0 Å². The van der Waals surface area contributed by atoms with Crippen LogP contribution in [0.15, 0.2) is 24.3 Å². The van der Waals surface area contributed by atoms with Gasteiger partial charge in [-0.3, -0.25) is 0 Å². The van der Waals surface area contributed by atoms with Crippen LogP contribution in [0, 0.1) is 0 Å². The van der Waals surface area contributed by atoms with Crippen LogP contribution >= 0.6 is 0 Å². The molecule has 3 nitrogen and oxygen atoms in total. The number of hydrogen-bond acceptors (Lipinski definition) is 2. The van der Waals surface area contributed by atoms with Crippen molar-refractivity contribution in [1.29, 1.82) is 0 Å². The molecule has 96 valence electrons. The van der Waals surface area contributed by atoms with E-state index < -0.39 is 0 Å². The van der Waals surface area contributed by atoms with Crippen molar-refractivity contribution in [2.45, 2.75) is 25.4 Å². The molecule has 1 aromatic carbocycles. The average Bonchev–Trinajstić information content (AvgIpc) is 2.66. The second-order valence-corrected chi connectivity index (χ2v) is 5.20. The highest BCUT2D eigenvalue weighted by atomic mass is 16.5. The SMILES string of the molecule is Cn1c2c(c3ccccc31)C(C)(CCO)OCC2. The largest absolute Gasteiger partial charge is 0.396 e. The molecule has 1 unspecified atom stereocenters. The van der Waals surface area contributed by atoms with Gasteiger partial charge in [0.15, 0.2) is 0 Å². The van der Waals surface area contributed by atoms with E-state index in [4.69, 9.17) is 4.74 Å². The highest BCUT2D eigenvalue weighted by Gasteiger charge is 2.36. The van der Waals surface area contributed by atoms with Gasteiger partial charge < -0.3 is 14.4 Å². The van der Waals surface area contributed by atoms with Crippen LogP contribution in [-0.4, -0.2) is 22.9 Å². The highest BCUT2D eigenvalue weighted by molar-refractivity contribution is 5.86. The minimum atomic E-state index is -0.358. The highest BCUT2D eigenvalue weighted by Crippen LogP contribution is 2.41. The topological polar surface area (TPSA) is 34.4 Å². The molecular formula is C15H19NO2. The van der Waals surface area contributed by atoms with Gasteiger partial charge in [0.1, 0.15) is 0 Å². The van der Waals surface area contributed by atoms with Crippen LogP contribution in [0.5, 0.6) is 0 Å². The zero-order valence-electron chi connectivity index (χ0n) is 10.9. The predicted molar refractivity (Wildman–Crippen MR) is 71.6 cm³/mol. The Morgan fingerprint density at radius 3 is 2.94 bits per heavy atom. The second-order valence-electron chi connectivity index (χ2n) is 5.20. The van der Waals surface area contributed by atoms with Gasteiger partial charge in [-0.15, -0.1) is 0 Å². The number of aromatic nitrogens is 1. The molecule has 0 radical (unpaired) electrons. The molecule has 1 N–H and O–H groups in total. The van der Waals surface area contributed by atoms with E-state index in [2.05, 4.69) is 42.8 Å². The summed E-state index contributed by atoms with van der Waals surface area (Å²) in [6.45, 7) is 2.97. The zero-order chi connectivity index (χ0) is 12.8. The van der Waals surface area contributed by atoms with Gasteiger partial charge in [0.05, 0.1) is 12.2 Å². The monoisotopic (exact) mass is 245 g/mol. The summed E-state index contributed by atoms with van der Waals surface area (Å²) in [6.07, 6.45) is 1.59. The number of aliphatic hydroxyl groups excluding tert-OH is 1. The second kappa shape index (κ2) is 4.11. The van der Waals surface area contributed by atoms with Gasteiger partial charge in [0.25, 0.3) is 0 Å². The summed E-state index contributed by atoms with van der Waals surface area (Å²) in [5, 5.41) is 10.6. The summed E-state index contributed by atoms with van der Waals surface area (Å²) in [7, 11) is 2.12. The van der Waals surface area contributed by atoms with Crippen molar-refractivity contribution in [2.75, 3.05) is 13.2 Å². The molecule has 1 aromatic heterocycles. The molecule has 0 saturated carbocycles. The average molecular weight is 245 g/mol. The first-order chi connectivity index (χ1) is 8.67. The van der Waals surface area contributed by atoms with Crippen LogP contribution < -0.4 is 0 Å². The lowest BCUT2D eigenvalue weighted by molar-refractivity contribution is -0.0602. The molecular weight excluding hydrogens is 226 g/mol. The van der Waals surface area contributed by atoms with Crippen LogP contribution in [0.2, 0.25) is 0 Å². The van der Waals surface area contributed by atoms with Crippen molar-refractivity contribution in [1.82, 2.24) is 4.57 Å². The van der Waals surface area contributed by atoms with E-state index in [-0.39, 0.29) is 12.2 Å². The minimum absolute atomic E-state index is 0.152. The Balaban J connectivity index is 2.31. The number of aryl methyl sites for hydroxylation is 1. The van der Waals surface area contributed by atoms with E-state index in [0.717, 1.165) is 13.0 Å². The van der Waals surface area contributed by atoms with Gasteiger partial charge in [-0.2, -0.15) is 0 Å². The smallest absolute Gasteiger partial charge is 0.0948 e. The van der Waals surface area contributed by atoms with E-state index in [1.807, 2.05) is 0 Å². The molecule has 1 aliphatic heterocycles. The third-order valence-corrected chi connectivity index (χ3v) is 4.11. The Bertz CT molecular complexity index is 587. The molecule has 0 bridgehead atoms. The van der Waals surface area contributed by atoms with Crippen LogP contribution in [0.1, 0.15) is 24.6 Å². The molecule has 0 aliphatic carbocycles. The minimum Gasteiger partial charge on any atom is -0.396 e. The van der Waals surface area contributed by atoms with Gasteiger partial charge in [-0.1, -0.05) is 18.2 Å². The lowest BCUT2D eigenvalue weighted by Crippen LogP contribution is -2.33. The molecule has 1 atom stereocenters. The molecule has 0 amide bonds. The first kappa shape index (κ1) is 11.8. The summed E-state index contributed by atoms with van der Waals surface area (Å²) < 4.78 is 8.25.